The number of hydrogen-bond donors (Lipinski definition) is 2. The highest BCUT2D eigenvalue weighted by atomic mass is 35.5. The smallest absolute Gasteiger partial charge is 0.120 e. The number of hydrogen-bond acceptors (Lipinski definition) is 3. The molecule has 2 rings (SSSR count). The molecule has 106 valence electrons. The van der Waals surface area contributed by atoms with E-state index in [1.807, 2.05) is 12.1 Å². The minimum atomic E-state index is 0.257. The Balaban J connectivity index is 1.97. The zero-order valence-electron chi connectivity index (χ0n) is 11.4. The van der Waals surface area contributed by atoms with E-state index < -0.39 is 0 Å². The Hall–Kier alpha value is -1.55. The summed E-state index contributed by atoms with van der Waals surface area (Å²) in [4.78, 5) is 0. The first-order valence-electron chi connectivity index (χ1n) is 6.44. The molecule has 4 heteroatoms. The summed E-state index contributed by atoms with van der Waals surface area (Å²) in [5, 5.41) is 13.7. The lowest BCUT2D eigenvalue weighted by atomic mass is 10.1. The highest BCUT2D eigenvalue weighted by molar-refractivity contribution is 6.30. The van der Waals surface area contributed by atoms with Crippen LogP contribution in [0, 0.1) is 0 Å². The highest BCUT2D eigenvalue weighted by Crippen LogP contribution is 2.21. The number of phenolic OH excluding ortho intramolecular Hbond substituents is 1. The van der Waals surface area contributed by atoms with Crippen LogP contribution < -0.4 is 5.32 Å². The predicted octanol–water partition coefficient (Wildman–Crippen LogP) is 3.48. The van der Waals surface area contributed by atoms with E-state index in [1.54, 1.807) is 25.3 Å². The fourth-order valence-corrected chi connectivity index (χ4v) is 2.25. The number of ether oxygens (including phenoxy) is 1. The van der Waals surface area contributed by atoms with Crippen molar-refractivity contribution in [3.05, 3.63) is 64.2 Å². The molecule has 2 aromatic rings. The van der Waals surface area contributed by atoms with Gasteiger partial charge in [-0.15, -0.1) is 0 Å². The first-order chi connectivity index (χ1) is 9.70. The van der Waals surface area contributed by atoms with Crippen molar-refractivity contribution in [2.24, 2.45) is 0 Å². The van der Waals surface area contributed by atoms with Gasteiger partial charge in [-0.1, -0.05) is 35.9 Å². The normalized spacial score (nSPS) is 10.7. The zero-order valence-corrected chi connectivity index (χ0v) is 12.2. The molecule has 0 saturated heterocycles. The molecule has 0 aliphatic carbocycles. The predicted molar refractivity (Wildman–Crippen MR) is 80.8 cm³/mol. The largest absolute Gasteiger partial charge is 0.508 e. The standard InChI is InChI=1S/C16H18ClNO2/c1-20-11-13-5-3-2-4-12(13)9-18-10-14-8-15(17)6-7-16(14)19/h2-8,18-19H,9-11H2,1H3. The van der Waals surface area contributed by atoms with E-state index in [-0.39, 0.29) is 5.75 Å². The lowest BCUT2D eigenvalue weighted by Crippen LogP contribution is -2.14. The number of benzene rings is 2. The summed E-state index contributed by atoms with van der Waals surface area (Å²) in [6.07, 6.45) is 0. The maximum Gasteiger partial charge on any atom is 0.120 e. The van der Waals surface area contributed by atoms with Crippen molar-refractivity contribution in [2.45, 2.75) is 19.7 Å². The molecule has 0 atom stereocenters. The molecule has 0 fully saturated rings. The third kappa shape index (κ3) is 3.97. The van der Waals surface area contributed by atoms with Crippen molar-refractivity contribution in [2.75, 3.05) is 7.11 Å². The molecule has 0 spiro atoms. The molecule has 0 bridgehead atoms. The lowest BCUT2D eigenvalue weighted by molar-refractivity contribution is 0.184. The van der Waals surface area contributed by atoms with Crippen LogP contribution in [0.5, 0.6) is 5.75 Å². The average Bonchev–Trinajstić information content (AvgIpc) is 2.45. The number of phenols is 1. The van der Waals surface area contributed by atoms with Crippen molar-refractivity contribution in [3.63, 3.8) is 0 Å². The molecule has 2 aromatic carbocycles. The van der Waals surface area contributed by atoms with Gasteiger partial charge in [-0.25, -0.2) is 0 Å². The molecule has 0 heterocycles. The molecular formula is C16H18ClNO2. The molecule has 0 radical (unpaired) electrons. The maximum absolute atomic E-state index is 9.75. The Morgan fingerprint density at radius 2 is 1.75 bits per heavy atom. The third-order valence-corrected chi connectivity index (χ3v) is 3.33. The number of methoxy groups -OCH3 is 1. The van der Waals surface area contributed by atoms with E-state index in [4.69, 9.17) is 16.3 Å². The van der Waals surface area contributed by atoms with Crippen LogP contribution in [0.4, 0.5) is 0 Å². The van der Waals surface area contributed by atoms with Gasteiger partial charge in [0.25, 0.3) is 0 Å². The summed E-state index contributed by atoms with van der Waals surface area (Å²) in [6, 6.07) is 13.2. The van der Waals surface area contributed by atoms with Gasteiger partial charge in [0.2, 0.25) is 0 Å². The minimum absolute atomic E-state index is 0.257. The third-order valence-electron chi connectivity index (χ3n) is 3.09. The summed E-state index contributed by atoms with van der Waals surface area (Å²) >= 11 is 5.92. The van der Waals surface area contributed by atoms with Crippen LogP contribution >= 0.6 is 11.6 Å². The Bertz CT molecular complexity index is 572. The van der Waals surface area contributed by atoms with Crippen LogP contribution in [-0.4, -0.2) is 12.2 Å². The van der Waals surface area contributed by atoms with Crippen LogP contribution in [0.1, 0.15) is 16.7 Å². The van der Waals surface area contributed by atoms with E-state index in [0.29, 0.717) is 24.7 Å². The molecular weight excluding hydrogens is 274 g/mol. The lowest BCUT2D eigenvalue weighted by Gasteiger charge is -2.11. The second-order valence-electron chi connectivity index (χ2n) is 4.58. The molecule has 3 nitrogen and oxygen atoms in total. The first kappa shape index (κ1) is 14.9. The Labute approximate surface area is 124 Å². The summed E-state index contributed by atoms with van der Waals surface area (Å²) in [5.74, 6) is 0.257. The molecule has 20 heavy (non-hydrogen) atoms. The van der Waals surface area contributed by atoms with Gasteiger partial charge >= 0.3 is 0 Å². The Kier molecular flexibility index (Phi) is 5.41. The van der Waals surface area contributed by atoms with Gasteiger partial charge in [-0.05, 0) is 29.3 Å². The second-order valence-corrected chi connectivity index (χ2v) is 5.01. The van der Waals surface area contributed by atoms with Crippen LogP contribution in [0.25, 0.3) is 0 Å². The monoisotopic (exact) mass is 291 g/mol. The van der Waals surface area contributed by atoms with Crippen molar-refractivity contribution in [3.8, 4) is 5.75 Å². The molecule has 0 saturated carbocycles. The number of rotatable bonds is 6. The van der Waals surface area contributed by atoms with Gasteiger partial charge in [0, 0.05) is 30.8 Å². The van der Waals surface area contributed by atoms with Gasteiger partial charge in [0.15, 0.2) is 0 Å². The molecule has 0 aliphatic heterocycles. The van der Waals surface area contributed by atoms with Crippen molar-refractivity contribution in [1.29, 1.82) is 0 Å². The van der Waals surface area contributed by atoms with Gasteiger partial charge in [0.1, 0.15) is 5.75 Å². The fraction of sp³-hybridized carbons (Fsp3) is 0.250. The van der Waals surface area contributed by atoms with E-state index >= 15 is 0 Å². The van der Waals surface area contributed by atoms with Crippen LogP contribution in [0.3, 0.4) is 0 Å². The number of halogens is 1. The van der Waals surface area contributed by atoms with Gasteiger partial charge < -0.3 is 15.2 Å². The molecule has 0 amide bonds. The van der Waals surface area contributed by atoms with E-state index in [9.17, 15) is 5.11 Å². The average molecular weight is 292 g/mol. The topological polar surface area (TPSA) is 41.5 Å². The summed E-state index contributed by atoms with van der Waals surface area (Å²) in [5.41, 5.74) is 3.15. The van der Waals surface area contributed by atoms with Gasteiger partial charge in [-0.2, -0.15) is 0 Å². The number of nitrogens with one attached hydrogen (secondary N) is 1. The summed E-state index contributed by atoms with van der Waals surface area (Å²) < 4.78 is 5.18. The Morgan fingerprint density at radius 3 is 2.50 bits per heavy atom. The molecule has 2 N–H and O–H groups in total. The molecule has 0 aliphatic rings. The van der Waals surface area contributed by atoms with Crippen LogP contribution in [0.2, 0.25) is 5.02 Å². The SMILES string of the molecule is COCc1ccccc1CNCc1cc(Cl)ccc1O. The molecule has 0 unspecified atom stereocenters. The summed E-state index contributed by atoms with van der Waals surface area (Å²) in [6.45, 7) is 1.87. The second kappa shape index (κ2) is 7.29. The van der Waals surface area contributed by atoms with E-state index in [1.165, 1.54) is 5.56 Å². The van der Waals surface area contributed by atoms with Crippen LogP contribution in [0.15, 0.2) is 42.5 Å². The van der Waals surface area contributed by atoms with E-state index in [0.717, 1.165) is 11.1 Å². The zero-order chi connectivity index (χ0) is 14.4. The molecule has 0 aromatic heterocycles. The van der Waals surface area contributed by atoms with Crippen molar-refractivity contribution >= 4 is 11.6 Å². The maximum atomic E-state index is 9.75. The van der Waals surface area contributed by atoms with Crippen molar-refractivity contribution in [1.82, 2.24) is 5.32 Å². The van der Waals surface area contributed by atoms with Crippen LogP contribution in [-0.2, 0) is 24.4 Å². The van der Waals surface area contributed by atoms with E-state index in [2.05, 4.69) is 17.4 Å². The Morgan fingerprint density at radius 1 is 1.05 bits per heavy atom. The van der Waals surface area contributed by atoms with Crippen molar-refractivity contribution < 1.29 is 9.84 Å². The summed E-state index contributed by atoms with van der Waals surface area (Å²) in [7, 11) is 1.69. The first-order valence-corrected chi connectivity index (χ1v) is 6.82. The quantitative estimate of drug-likeness (QED) is 0.856. The fourth-order valence-electron chi connectivity index (χ4n) is 2.05. The van der Waals surface area contributed by atoms with Gasteiger partial charge in [-0.3, -0.25) is 0 Å². The number of aromatic hydroxyl groups is 1. The highest BCUT2D eigenvalue weighted by Gasteiger charge is 2.04. The van der Waals surface area contributed by atoms with Gasteiger partial charge in [0.05, 0.1) is 6.61 Å². The minimum Gasteiger partial charge on any atom is -0.508 e.